The summed E-state index contributed by atoms with van der Waals surface area (Å²) in [6.07, 6.45) is 0. The molecule has 1 amide bonds. The van der Waals surface area contributed by atoms with Crippen LogP contribution in [0, 0.1) is 11.3 Å². The second-order valence-corrected chi connectivity index (χ2v) is 5.82. The van der Waals surface area contributed by atoms with Crippen LogP contribution in [0.15, 0.2) is 34.8 Å². The van der Waals surface area contributed by atoms with Crippen LogP contribution in [0.5, 0.6) is 0 Å². The Hall–Kier alpha value is -1.74. The lowest BCUT2D eigenvalue weighted by Crippen LogP contribution is -2.14. The minimum atomic E-state index is -0.496. The highest BCUT2D eigenvalue weighted by Gasteiger charge is 2.16. The van der Waals surface area contributed by atoms with E-state index >= 15 is 0 Å². The van der Waals surface area contributed by atoms with Crippen molar-refractivity contribution in [1.82, 2.24) is 0 Å². The van der Waals surface area contributed by atoms with Gasteiger partial charge in [-0.2, -0.15) is 5.26 Å². The van der Waals surface area contributed by atoms with Crippen LogP contribution in [0.1, 0.15) is 15.9 Å². The van der Waals surface area contributed by atoms with Gasteiger partial charge in [-0.3, -0.25) is 4.79 Å². The molecular weight excluding hydrogens is 377 g/mol. The van der Waals surface area contributed by atoms with Gasteiger partial charge in [0.2, 0.25) is 0 Å². The number of nitriles is 1. The van der Waals surface area contributed by atoms with E-state index in [9.17, 15) is 4.79 Å². The van der Waals surface area contributed by atoms with Crippen molar-refractivity contribution < 1.29 is 4.79 Å². The number of halogens is 3. The molecule has 0 aliphatic carbocycles. The number of benzene rings is 2. The first-order valence-corrected chi connectivity index (χ1v) is 7.23. The molecule has 0 spiro atoms. The van der Waals surface area contributed by atoms with Gasteiger partial charge in [0.1, 0.15) is 6.07 Å². The van der Waals surface area contributed by atoms with Crippen molar-refractivity contribution in [2.75, 3.05) is 11.1 Å². The highest BCUT2D eigenvalue weighted by Crippen LogP contribution is 2.30. The van der Waals surface area contributed by atoms with E-state index in [1.165, 1.54) is 12.1 Å². The van der Waals surface area contributed by atoms with Crippen molar-refractivity contribution >= 4 is 56.4 Å². The molecule has 0 radical (unpaired) electrons. The molecule has 0 aliphatic heterocycles. The topological polar surface area (TPSA) is 78.9 Å². The molecule has 0 unspecified atom stereocenters. The SMILES string of the molecule is N#Cc1ccc(Br)cc1NC(=O)c1cc(N)cc(Cl)c1Cl. The van der Waals surface area contributed by atoms with Gasteiger partial charge in [-0.15, -0.1) is 0 Å². The van der Waals surface area contributed by atoms with Gasteiger partial charge in [0.05, 0.1) is 26.9 Å². The van der Waals surface area contributed by atoms with Crippen molar-refractivity contribution in [2.45, 2.75) is 0 Å². The van der Waals surface area contributed by atoms with Crippen molar-refractivity contribution in [1.29, 1.82) is 5.26 Å². The van der Waals surface area contributed by atoms with Gasteiger partial charge in [0, 0.05) is 10.2 Å². The number of hydrogen-bond donors (Lipinski definition) is 2. The summed E-state index contributed by atoms with van der Waals surface area (Å²) in [4.78, 5) is 12.3. The normalized spacial score (nSPS) is 10.0. The molecule has 2 rings (SSSR count). The molecule has 7 heteroatoms. The third-order valence-electron chi connectivity index (χ3n) is 2.65. The largest absolute Gasteiger partial charge is 0.399 e. The van der Waals surface area contributed by atoms with Crippen molar-refractivity contribution in [3.8, 4) is 6.07 Å². The Morgan fingerprint density at radius 2 is 2.00 bits per heavy atom. The minimum Gasteiger partial charge on any atom is -0.399 e. The molecule has 2 aromatic rings. The molecule has 0 bridgehead atoms. The van der Waals surface area contributed by atoms with E-state index in [-0.39, 0.29) is 15.6 Å². The number of amides is 1. The maximum atomic E-state index is 12.3. The third-order valence-corrected chi connectivity index (χ3v) is 3.94. The van der Waals surface area contributed by atoms with Gasteiger partial charge in [-0.05, 0) is 30.3 Å². The van der Waals surface area contributed by atoms with Gasteiger partial charge in [0.15, 0.2) is 0 Å². The predicted molar refractivity (Wildman–Crippen MR) is 87.7 cm³/mol. The van der Waals surface area contributed by atoms with Gasteiger partial charge in [-0.25, -0.2) is 0 Å². The van der Waals surface area contributed by atoms with Crippen molar-refractivity contribution in [2.24, 2.45) is 0 Å². The number of nitrogens with two attached hydrogens (primary N) is 1. The predicted octanol–water partition coefficient (Wildman–Crippen LogP) is 4.46. The molecular formula is C14H8BrCl2N3O. The molecule has 3 N–H and O–H groups in total. The quantitative estimate of drug-likeness (QED) is 0.750. The Kier molecular flexibility index (Phi) is 4.73. The monoisotopic (exact) mass is 383 g/mol. The first kappa shape index (κ1) is 15.6. The fourth-order valence-corrected chi connectivity index (χ4v) is 2.47. The lowest BCUT2D eigenvalue weighted by atomic mass is 10.1. The average molecular weight is 385 g/mol. The van der Waals surface area contributed by atoms with Crippen molar-refractivity contribution in [3.63, 3.8) is 0 Å². The van der Waals surface area contributed by atoms with E-state index in [0.717, 1.165) is 4.47 Å². The second-order valence-electron chi connectivity index (χ2n) is 4.12. The van der Waals surface area contributed by atoms with E-state index in [1.807, 2.05) is 6.07 Å². The number of nitrogens with zero attached hydrogens (tertiary/aromatic N) is 1. The number of carbonyl (C=O) groups is 1. The number of carbonyl (C=O) groups excluding carboxylic acids is 1. The van der Waals surface area contributed by atoms with E-state index in [0.29, 0.717) is 16.9 Å². The summed E-state index contributed by atoms with van der Waals surface area (Å²) in [6, 6.07) is 9.80. The highest BCUT2D eigenvalue weighted by atomic mass is 79.9. The van der Waals surface area contributed by atoms with Crippen LogP contribution in [-0.2, 0) is 0 Å². The molecule has 0 aliphatic rings. The summed E-state index contributed by atoms with van der Waals surface area (Å²) in [7, 11) is 0. The summed E-state index contributed by atoms with van der Waals surface area (Å²) >= 11 is 15.2. The molecule has 21 heavy (non-hydrogen) atoms. The van der Waals surface area contributed by atoms with Crippen LogP contribution in [0.2, 0.25) is 10.0 Å². The summed E-state index contributed by atoms with van der Waals surface area (Å²) in [5, 5.41) is 12.0. The molecule has 0 saturated carbocycles. The second kappa shape index (κ2) is 6.35. The van der Waals surface area contributed by atoms with Crippen LogP contribution >= 0.6 is 39.1 Å². The molecule has 4 nitrogen and oxygen atoms in total. The van der Waals surface area contributed by atoms with Gasteiger partial charge < -0.3 is 11.1 Å². The van der Waals surface area contributed by atoms with E-state index < -0.39 is 5.91 Å². The smallest absolute Gasteiger partial charge is 0.257 e. The zero-order valence-corrected chi connectivity index (χ0v) is 13.6. The third kappa shape index (κ3) is 3.48. The fourth-order valence-electron chi connectivity index (χ4n) is 1.68. The van der Waals surface area contributed by atoms with Gasteiger partial charge in [0.25, 0.3) is 5.91 Å². The summed E-state index contributed by atoms with van der Waals surface area (Å²) < 4.78 is 0.730. The number of hydrogen-bond acceptors (Lipinski definition) is 3. The first-order valence-electron chi connectivity index (χ1n) is 5.68. The van der Waals surface area contributed by atoms with Crippen molar-refractivity contribution in [3.05, 3.63) is 56.0 Å². The van der Waals surface area contributed by atoms with Crippen LogP contribution < -0.4 is 11.1 Å². The Morgan fingerprint density at radius 3 is 2.67 bits per heavy atom. The average Bonchev–Trinajstić information content (AvgIpc) is 2.43. The van der Waals surface area contributed by atoms with E-state index in [4.69, 9.17) is 34.2 Å². The summed E-state index contributed by atoms with van der Waals surface area (Å²) in [5.74, 6) is -0.496. The van der Waals surface area contributed by atoms with Crippen LogP contribution in [-0.4, -0.2) is 5.91 Å². The zero-order chi connectivity index (χ0) is 15.6. The first-order chi connectivity index (χ1) is 9.92. The minimum absolute atomic E-state index is 0.108. The van der Waals surface area contributed by atoms with Gasteiger partial charge >= 0.3 is 0 Å². The summed E-state index contributed by atoms with van der Waals surface area (Å²) in [5.41, 5.74) is 6.82. The lowest BCUT2D eigenvalue weighted by molar-refractivity contribution is 0.102. The molecule has 0 atom stereocenters. The number of anilines is 2. The number of rotatable bonds is 2. The molecule has 0 aromatic heterocycles. The fraction of sp³-hybridized carbons (Fsp3) is 0. The standard InChI is InChI=1S/C14H8BrCl2N3O/c15-8-2-1-7(6-18)12(3-8)20-14(21)10-4-9(19)5-11(16)13(10)17/h1-5H,19H2,(H,20,21). The Morgan fingerprint density at radius 1 is 1.29 bits per heavy atom. The Balaban J connectivity index is 2.40. The number of nitrogen functional groups attached to an aromatic ring is 1. The molecule has 106 valence electrons. The molecule has 2 aromatic carbocycles. The Labute approximate surface area is 139 Å². The Bertz CT molecular complexity index is 772. The van der Waals surface area contributed by atoms with Crippen LogP contribution in [0.25, 0.3) is 0 Å². The van der Waals surface area contributed by atoms with Gasteiger partial charge in [-0.1, -0.05) is 39.1 Å². The molecule has 0 fully saturated rings. The highest BCUT2D eigenvalue weighted by molar-refractivity contribution is 9.10. The maximum absolute atomic E-state index is 12.3. The maximum Gasteiger partial charge on any atom is 0.257 e. The van der Waals surface area contributed by atoms with Crippen LogP contribution in [0.4, 0.5) is 11.4 Å². The van der Waals surface area contributed by atoms with E-state index in [1.54, 1.807) is 18.2 Å². The van der Waals surface area contributed by atoms with E-state index in [2.05, 4.69) is 21.2 Å². The van der Waals surface area contributed by atoms with Crippen LogP contribution in [0.3, 0.4) is 0 Å². The summed E-state index contributed by atoms with van der Waals surface area (Å²) in [6.45, 7) is 0. The zero-order valence-electron chi connectivity index (χ0n) is 10.5. The molecule has 0 saturated heterocycles. The lowest BCUT2D eigenvalue weighted by Gasteiger charge is -2.10. The molecule has 0 heterocycles. The number of nitrogens with one attached hydrogen (secondary N) is 1.